The Bertz CT molecular complexity index is 248. The van der Waals surface area contributed by atoms with E-state index in [1.165, 1.54) is 0 Å². The molecule has 0 aliphatic rings. The van der Waals surface area contributed by atoms with Gasteiger partial charge in [-0.25, -0.2) is 0 Å². The quantitative estimate of drug-likeness (QED) is 0.534. The van der Waals surface area contributed by atoms with Gasteiger partial charge in [0.25, 0.3) is 0 Å². The van der Waals surface area contributed by atoms with Crippen molar-refractivity contribution in [2.45, 2.75) is 6.32 Å². The fourth-order valence-corrected chi connectivity index (χ4v) is 0.886. The highest BCUT2D eigenvalue weighted by atomic mass is 16.5. The first-order chi connectivity index (χ1) is 5.27. The first-order valence-electron chi connectivity index (χ1n) is 3.40. The molecule has 1 nitrogen and oxygen atoms in total. The molecule has 0 spiro atoms. The molecule has 1 rings (SSSR count). The third kappa shape index (κ3) is 1.79. The van der Waals surface area contributed by atoms with Crippen LogP contribution < -0.4 is 10.2 Å². The van der Waals surface area contributed by atoms with Crippen molar-refractivity contribution in [3.63, 3.8) is 0 Å². The van der Waals surface area contributed by atoms with Gasteiger partial charge in [-0.2, -0.15) is 0 Å². The topological polar surface area (TPSA) is 9.23 Å². The van der Waals surface area contributed by atoms with Crippen molar-refractivity contribution >= 4 is 21.2 Å². The van der Waals surface area contributed by atoms with Gasteiger partial charge in [0.1, 0.15) is 13.6 Å². The first-order valence-corrected chi connectivity index (χ1v) is 3.40. The summed E-state index contributed by atoms with van der Waals surface area (Å²) in [7, 11) is 12.7. The van der Waals surface area contributed by atoms with Crippen LogP contribution in [0.2, 0.25) is 0 Å². The molecule has 3 heteroatoms. The van der Waals surface area contributed by atoms with Gasteiger partial charge in [-0.1, -0.05) is 23.4 Å². The Morgan fingerprint density at radius 3 is 2.73 bits per heavy atom. The van der Waals surface area contributed by atoms with Gasteiger partial charge in [-0.3, -0.25) is 0 Å². The van der Waals surface area contributed by atoms with Crippen LogP contribution in [0.15, 0.2) is 18.2 Å². The van der Waals surface area contributed by atoms with E-state index in [0.717, 1.165) is 11.3 Å². The number of benzene rings is 1. The molecule has 4 radical (unpaired) electrons. The fourth-order valence-electron chi connectivity index (χ4n) is 0.886. The molecule has 1 aromatic carbocycles. The number of hydrogen-bond donors (Lipinski definition) is 0. The Labute approximate surface area is 69.6 Å². The van der Waals surface area contributed by atoms with Crippen molar-refractivity contribution in [2.24, 2.45) is 0 Å². The summed E-state index contributed by atoms with van der Waals surface area (Å²) in [4.78, 5) is 0. The number of rotatable bonds is 2. The highest BCUT2D eigenvalue weighted by molar-refractivity contribution is 6.34. The molecule has 0 aliphatic heterocycles. The van der Waals surface area contributed by atoms with Crippen LogP contribution in [0.25, 0.3) is 0 Å². The van der Waals surface area contributed by atoms with E-state index in [1.54, 1.807) is 13.2 Å². The van der Waals surface area contributed by atoms with Crippen LogP contribution in [0, 0.1) is 0 Å². The molecular weight excluding hydrogens is 134 g/mol. The smallest absolute Gasteiger partial charge is 0.119 e. The van der Waals surface area contributed by atoms with Crippen LogP contribution in [0.4, 0.5) is 0 Å². The zero-order valence-corrected chi connectivity index (χ0v) is 6.50. The Kier molecular flexibility index (Phi) is 2.64. The van der Waals surface area contributed by atoms with E-state index in [2.05, 4.69) is 0 Å². The molecule has 52 valence electrons. The molecular formula is C8H8B2O. The molecule has 11 heavy (non-hydrogen) atoms. The summed E-state index contributed by atoms with van der Waals surface area (Å²) in [6.07, 6.45) is 0.447. The zero-order valence-electron chi connectivity index (χ0n) is 6.50. The highest BCUT2D eigenvalue weighted by Gasteiger charge is 1.96. The van der Waals surface area contributed by atoms with E-state index in [9.17, 15) is 0 Å². The van der Waals surface area contributed by atoms with Crippen molar-refractivity contribution in [3.8, 4) is 5.75 Å². The van der Waals surface area contributed by atoms with Gasteiger partial charge in [0.2, 0.25) is 0 Å². The molecule has 0 aromatic heterocycles. The molecule has 0 bridgehead atoms. The summed E-state index contributed by atoms with van der Waals surface area (Å²) in [5, 5.41) is 0. The van der Waals surface area contributed by atoms with Gasteiger partial charge in [0.05, 0.1) is 15.0 Å². The van der Waals surface area contributed by atoms with Gasteiger partial charge in [0.15, 0.2) is 0 Å². The number of ether oxygens (including phenoxy) is 1. The molecule has 0 fully saturated rings. The standard InChI is InChI=1S/C8H8B2O/c1-11-7-2-3-8(10)6(4-7)5-9/h2-4H,5H2,1H3. The Balaban J connectivity index is 3.02. The second kappa shape index (κ2) is 3.51. The molecule has 0 saturated carbocycles. The van der Waals surface area contributed by atoms with Crippen molar-refractivity contribution in [1.29, 1.82) is 0 Å². The maximum Gasteiger partial charge on any atom is 0.119 e. The van der Waals surface area contributed by atoms with Crippen LogP contribution in [-0.4, -0.2) is 22.8 Å². The number of methoxy groups -OCH3 is 1. The lowest BCUT2D eigenvalue weighted by Crippen LogP contribution is -2.09. The van der Waals surface area contributed by atoms with Crippen molar-refractivity contribution in [1.82, 2.24) is 0 Å². The lowest BCUT2D eigenvalue weighted by molar-refractivity contribution is 0.414. The lowest BCUT2D eigenvalue weighted by atomic mass is 9.84. The minimum absolute atomic E-state index is 0.447. The maximum absolute atomic E-state index is 5.62. The zero-order chi connectivity index (χ0) is 8.27. The molecule has 0 amide bonds. The molecule has 0 heterocycles. The van der Waals surface area contributed by atoms with E-state index < -0.39 is 0 Å². The molecule has 0 saturated heterocycles. The maximum atomic E-state index is 5.62. The predicted octanol–water partition coefficient (Wildman–Crippen LogP) is 0.157. The Morgan fingerprint density at radius 2 is 2.18 bits per heavy atom. The summed E-state index contributed by atoms with van der Waals surface area (Å²) in [5.74, 6) is 0.791. The van der Waals surface area contributed by atoms with E-state index in [-0.39, 0.29) is 0 Å². The predicted molar refractivity (Wildman–Crippen MR) is 47.8 cm³/mol. The summed E-state index contributed by atoms with van der Waals surface area (Å²) in [6, 6.07) is 5.45. The number of hydrogen-bond acceptors (Lipinski definition) is 1. The Morgan fingerprint density at radius 1 is 1.45 bits per heavy atom. The van der Waals surface area contributed by atoms with Crippen molar-refractivity contribution in [2.75, 3.05) is 7.11 Å². The fraction of sp³-hybridized carbons (Fsp3) is 0.250. The van der Waals surface area contributed by atoms with Gasteiger partial charge < -0.3 is 4.74 Å². The monoisotopic (exact) mass is 142 g/mol. The summed E-state index contributed by atoms with van der Waals surface area (Å²) in [5.41, 5.74) is 1.64. The highest BCUT2D eigenvalue weighted by Crippen LogP contribution is 2.09. The third-order valence-corrected chi connectivity index (χ3v) is 1.57. The van der Waals surface area contributed by atoms with Gasteiger partial charge in [-0.15, -0.1) is 0 Å². The summed E-state index contributed by atoms with van der Waals surface area (Å²) < 4.78 is 5.00. The third-order valence-electron chi connectivity index (χ3n) is 1.57. The SMILES string of the molecule is [B]Cc1cc(OC)ccc1[B]. The average molecular weight is 142 g/mol. The Hall–Kier alpha value is -0.850. The van der Waals surface area contributed by atoms with Crippen LogP contribution in [0.5, 0.6) is 5.75 Å². The largest absolute Gasteiger partial charge is 0.497 e. The van der Waals surface area contributed by atoms with Crippen LogP contribution in [-0.2, 0) is 6.32 Å². The summed E-state index contributed by atoms with van der Waals surface area (Å²) in [6.45, 7) is 0. The first kappa shape index (κ1) is 8.25. The van der Waals surface area contributed by atoms with E-state index >= 15 is 0 Å². The molecule has 0 atom stereocenters. The second-order valence-electron chi connectivity index (χ2n) is 2.27. The van der Waals surface area contributed by atoms with E-state index in [4.69, 9.17) is 20.4 Å². The van der Waals surface area contributed by atoms with Gasteiger partial charge in [0, 0.05) is 0 Å². The van der Waals surface area contributed by atoms with Crippen LogP contribution >= 0.6 is 0 Å². The lowest BCUT2D eigenvalue weighted by Gasteiger charge is -2.05. The average Bonchev–Trinajstić information content (AvgIpc) is 2.05. The molecule has 0 aliphatic carbocycles. The minimum atomic E-state index is 0.447. The van der Waals surface area contributed by atoms with Crippen LogP contribution in [0.1, 0.15) is 5.56 Å². The molecule has 0 unspecified atom stereocenters. The minimum Gasteiger partial charge on any atom is -0.497 e. The normalized spacial score (nSPS) is 9.55. The van der Waals surface area contributed by atoms with Gasteiger partial charge >= 0.3 is 0 Å². The van der Waals surface area contributed by atoms with Crippen LogP contribution in [0.3, 0.4) is 0 Å². The van der Waals surface area contributed by atoms with Crippen molar-refractivity contribution < 1.29 is 4.74 Å². The molecule has 0 N–H and O–H groups in total. The second-order valence-corrected chi connectivity index (χ2v) is 2.27. The van der Waals surface area contributed by atoms with E-state index in [1.807, 2.05) is 12.1 Å². The molecule has 1 aromatic rings. The van der Waals surface area contributed by atoms with Gasteiger partial charge in [-0.05, 0) is 12.1 Å². The van der Waals surface area contributed by atoms with E-state index in [0.29, 0.717) is 11.8 Å². The summed E-state index contributed by atoms with van der Waals surface area (Å²) >= 11 is 0. The van der Waals surface area contributed by atoms with Crippen molar-refractivity contribution in [3.05, 3.63) is 23.8 Å².